The highest BCUT2D eigenvalue weighted by molar-refractivity contribution is 5.84. The Morgan fingerprint density at radius 3 is 2.48 bits per heavy atom. The minimum Gasteiger partial charge on any atom is -0.384 e. The van der Waals surface area contributed by atoms with E-state index in [1.165, 1.54) is 0 Å². The van der Waals surface area contributed by atoms with Crippen LogP contribution in [-0.2, 0) is 16.1 Å². The fraction of sp³-hybridized carbons (Fsp3) is 0.471. The van der Waals surface area contributed by atoms with Crippen molar-refractivity contribution in [3.8, 4) is 11.8 Å². The number of likely N-dealkylation sites (N-methyl/N-ethyl adjacent to an activating group) is 1. The van der Waals surface area contributed by atoms with E-state index in [2.05, 4.69) is 11.8 Å². The zero-order valence-electron chi connectivity index (χ0n) is 13.1. The molecule has 0 radical (unpaired) electrons. The molecule has 4 heteroatoms. The van der Waals surface area contributed by atoms with Gasteiger partial charge < -0.3 is 14.7 Å². The highest BCUT2D eigenvalue weighted by Gasteiger charge is 2.33. The molecule has 1 atom stereocenters. The van der Waals surface area contributed by atoms with Gasteiger partial charge in [0.25, 0.3) is 5.91 Å². The van der Waals surface area contributed by atoms with Crippen LogP contribution in [0.5, 0.6) is 0 Å². The minimum absolute atomic E-state index is 0.0309. The number of aliphatic hydroxyl groups excluding tert-OH is 1. The molecule has 1 N–H and O–H groups in total. The normalized spacial score (nSPS) is 13.0. The molecule has 0 spiro atoms. The lowest BCUT2D eigenvalue weighted by molar-refractivity contribution is -0.152. The van der Waals surface area contributed by atoms with Gasteiger partial charge in [-0.05, 0) is 31.0 Å². The average Bonchev–Trinajstić information content (AvgIpc) is 2.52. The molecule has 0 aliphatic rings. The smallest absolute Gasteiger partial charge is 0.254 e. The maximum Gasteiger partial charge on any atom is 0.254 e. The minimum atomic E-state index is -0.776. The maximum absolute atomic E-state index is 12.4. The van der Waals surface area contributed by atoms with Crippen LogP contribution in [-0.4, -0.2) is 42.3 Å². The summed E-state index contributed by atoms with van der Waals surface area (Å²) in [6, 6.07) is 7.62. The third kappa shape index (κ3) is 4.59. The van der Waals surface area contributed by atoms with E-state index in [1.54, 1.807) is 26.0 Å². The van der Waals surface area contributed by atoms with Gasteiger partial charge in [0.1, 0.15) is 12.2 Å². The Balaban J connectivity index is 2.75. The Hall–Kier alpha value is -1.83. The first kappa shape index (κ1) is 17.2. The van der Waals surface area contributed by atoms with Crippen molar-refractivity contribution in [2.45, 2.75) is 32.4 Å². The highest BCUT2D eigenvalue weighted by Crippen LogP contribution is 2.18. The summed E-state index contributed by atoms with van der Waals surface area (Å²) in [7, 11) is 3.33. The van der Waals surface area contributed by atoms with E-state index in [1.807, 2.05) is 31.2 Å². The van der Waals surface area contributed by atoms with Crippen LogP contribution < -0.4 is 0 Å². The number of hydrogen-bond acceptors (Lipinski definition) is 3. The molecule has 0 heterocycles. The van der Waals surface area contributed by atoms with E-state index < -0.39 is 5.60 Å². The van der Waals surface area contributed by atoms with Crippen molar-refractivity contribution < 1.29 is 14.6 Å². The van der Waals surface area contributed by atoms with Gasteiger partial charge in [-0.15, -0.1) is 0 Å². The number of amides is 1. The zero-order valence-corrected chi connectivity index (χ0v) is 13.1. The van der Waals surface area contributed by atoms with Gasteiger partial charge in [-0.3, -0.25) is 4.79 Å². The first-order chi connectivity index (χ1) is 9.96. The number of ether oxygens (including phenoxy) is 1. The second kappa shape index (κ2) is 7.82. The third-order valence-electron chi connectivity index (χ3n) is 3.61. The molecule has 1 unspecified atom stereocenters. The van der Waals surface area contributed by atoms with Crippen molar-refractivity contribution in [3.05, 3.63) is 35.4 Å². The molecular weight excluding hydrogens is 266 g/mol. The maximum atomic E-state index is 12.4. The summed E-state index contributed by atoms with van der Waals surface area (Å²) in [5, 5.41) is 8.66. The lowest BCUT2D eigenvalue weighted by atomic mass is 10.0. The van der Waals surface area contributed by atoms with Gasteiger partial charge in [-0.2, -0.15) is 0 Å². The molecule has 1 amide bonds. The van der Waals surface area contributed by atoms with Crippen LogP contribution in [0.4, 0.5) is 0 Å². The molecule has 0 saturated carbocycles. The first-order valence-electron chi connectivity index (χ1n) is 6.96. The summed E-state index contributed by atoms with van der Waals surface area (Å²) in [5.74, 6) is 5.41. The van der Waals surface area contributed by atoms with E-state index in [9.17, 15) is 4.79 Å². The summed E-state index contributed by atoms with van der Waals surface area (Å²) in [4.78, 5) is 14.1. The molecule has 1 rings (SSSR count). The molecule has 1 aromatic carbocycles. The van der Waals surface area contributed by atoms with Crippen molar-refractivity contribution in [1.29, 1.82) is 0 Å². The molecule has 0 aromatic heterocycles. The molecule has 114 valence electrons. The predicted molar refractivity (Wildman–Crippen MR) is 82.6 cm³/mol. The Morgan fingerprint density at radius 1 is 1.38 bits per heavy atom. The van der Waals surface area contributed by atoms with Crippen LogP contribution in [0.15, 0.2) is 24.3 Å². The standard InChI is InChI=1S/C17H23NO3/c1-5-17(2,21-4)16(20)18(3)13-15-10-8-14(9-11-15)7-6-12-19/h8-11,19H,5,12-13H2,1-4H3. The molecule has 0 saturated heterocycles. The Labute approximate surface area is 126 Å². The molecule has 0 aliphatic heterocycles. The number of aliphatic hydroxyl groups is 1. The van der Waals surface area contributed by atoms with E-state index >= 15 is 0 Å². The van der Waals surface area contributed by atoms with Crippen molar-refractivity contribution in [1.82, 2.24) is 4.90 Å². The zero-order chi connectivity index (χ0) is 15.9. The monoisotopic (exact) mass is 289 g/mol. The summed E-state index contributed by atoms with van der Waals surface area (Å²) in [6.45, 7) is 4.11. The SMILES string of the molecule is CCC(C)(OC)C(=O)N(C)Cc1ccc(C#CCO)cc1. The van der Waals surface area contributed by atoms with Crippen molar-refractivity contribution in [2.24, 2.45) is 0 Å². The number of methoxy groups -OCH3 is 1. The second-order valence-electron chi connectivity index (χ2n) is 5.11. The second-order valence-corrected chi connectivity index (χ2v) is 5.11. The van der Waals surface area contributed by atoms with Gasteiger partial charge in [-0.1, -0.05) is 30.9 Å². The van der Waals surface area contributed by atoms with Gasteiger partial charge in [-0.25, -0.2) is 0 Å². The average molecular weight is 289 g/mol. The Kier molecular flexibility index (Phi) is 6.41. The van der Waals surface area contributed by atoms with Gasteiger partial charge in [0.2, 0.25) is 0 Å². The van der Waals surface area contributed by atoms with Crippen LogP contribution in [0.2, 0.25) is 0 Å². The number of nitrogens with zero attached hydrogens (tertiary/aromatic N) is 1. The lowest BCUT2D eigenvalue weighted by Crippen LogP contribution is -2.46. The first-order valence-corrected chi connectivity index (χ1v) is 6.96. The molecule has 0 bridgehead atoms. The van der Waals surface area contributed by atoms with E-state index in [0.717, 1.165) is 11.1 Å². The lowest BCUT2D eigenvalue weighted by Gasteiger charge is -2.30. The van der Waals surface area contributed by atoms with Crippen molar-refractivity contribution in [3.63, 3.8) is 0 Å². The highest BCUT2D eigenvalue weighted by atomic mass is 16.5. The largest absolute Gasteiger partial charge is 0.384 e. The quantitative estimate of drug-likeness (QED) is 0.841. The molecule has 21 heavy (non-hydrogen) atoms. The predicted octanol–water partition coefficient (Wildman–Crippen LogP) is 1.80. The number of carbonyl (C=O) groups is 1. The number of benzene rings is 1. The number of carbonyl (C=O) groups excluding carboxylic acids is 1. The summed E-state index contributed by atoms with van der Waals surface area (Å²) in [6.07, 6.45) is 0.627. The van der Waals surface area contributed by atoms with Crippen LogP contribution in [0.25, 0.3) is 0 Å². The molecule has 0 fully saturated rings. The Bertz CT molecular complexity index is 521. The van der Waals surface area contributed by atoms with Gasteiger partial charge >= 0.3 is 0 Å². The van der Waals surface area contributed by atoms with Gasteiger partial charge in [0.05, 0.1) is 0 Å². The Morgan fingerprint density at radius 2 is 2.00 bits per heavy atom. The van der Waals surface area contributed by atoms with Crippen LogP contribution in [0, 0.1) is 11.8 Å². The van der Waals surface area contributed by atoms with Crippen LogP contribution in [0.1, 0.15) is 31.4 Å². The summed E-state index contributed by atoms with van der Waals surface area (Å²) < 4.78 is 5.34. The van der Waals surface area contributed by atoms with E-state index in [0.29, 0.717) is 13.0 Å². The number of hydrogen-bond donors (Lipinski definition) is 1. The summed E-state index contributed by atoms with van der Waals surface area (Å²) in [5.41, 5.74) is 1.09. The molecular formula is C17H23NO3. The van der Waals surface area contributed by atoms with Crippen molar-refractivity contribution in [2.75, 3.05) is 20.8 Å². The topological polar surface area (TPSA) is 49.8 Å². The van der Waals surface area contributed by atoms with E-state index in [4.69, 9.17) is 9.84 Å². The fourth-order valence-electron chi connectivity index (χ4n) is 1.97. The van der Waals surface area contributed by atoms with Crippen LogP contribution in [0.3, 0.4) is 0 Å². The summed E-state index contributed by atoms with van der Waals surface area (Å²) >= 11 is 0. The van der Waals surface area contributed by atoms with Gasteiger partial charge in [0.15, 0.2) is 0 Å². The molecule has 4 nitrogen and oxygen atoms in total. The fourth-order valence-corrected chi connectivity index (χ4v) is 1.97. The molecule has 0 aliphatic carbocycles. The third-order valence-corrected chi connectivity index (χ3v) is 3.61. The van der Waals surface area contributed by atoms with Crippen LogP contribution >= 0.6 is 0 Å². The van der Waals surface area contributed by atoms with Crippen molar-refractivity contribution >= 4 is 5.91 Å². The number of rotatable bonds is 5. The van der Waals surface area contributed by atoms with Gasteiger partial charge in [0, 0.05) is 26.3 Å². The molecule has 1 aromatic rings. The van der Waals surface area contributed by atoms with E-state index in [-0.39, 0.29) is 12.5 Å².